The third kappa shape index (κ3) is 3.15. The van der Waals surface area contributed by atoms with Gasteiger partial charge in [-0.2, -0.15) is 0 Å². The number of nitrogens with zero attached hydrogens (tertiary/aromatic N) is 1. The van der Waals surface area contributed by atoms with E-state index in [0.717, 1.165) is 28.3 Å². The molecule has 3 nitrogen and oxygen atoms in total. The predicted molar refractivity (Wildman–Crippen MR) is 63.8 cm³/mol. The fourth-order valence-corrected chi connectivity index (χ4v) is 2.48. The maximum absolute atomic E-state index is 4.98. The van der Waals surface area contributed by atoms with E-state index < -0.39 is 0 Å². The molecule has 0 aliphatic rings. The Morgan fingerprint density at radius 2 is 2.33 bits per heavy atom. The largest absolute Gasteiger partial charge is 0.361 e. The van der Waals surface area contributed by atoms with Crippen molar-refractivity contribution in [2.75, 3.05) is 0 Å². The topological polar surface area (TPSA) is 38.1 Å². The lowest BCUT2D eigenvalue weighted by atomic mass is 10.3. The lowest BCUT2D eigenvalue weighted by Crippen LogP contribution is -2.12. The molecule has 0 saturated carbocycles. The Kier molecular flexibility index (Phi) is 3.56. The van der Waals surface area contributed by atoms with E-state index in [1.54, 1.807) is 11.3 Å². The van der Waals surface area contributed by atoms with Gasteiger partial charge in [-0.3, -0.25) is 0 Å². The molecule has 15 heavy (non-hydrogen) atoms. The predicted octanol–water partition coefficient (Wildman–Crippen LogP) is 3.10. The highest BCUT2D eigenvalue weighted by atomic mass is 79.9. The second kappa shape index (κ2) is 4.92. The Bertz CT molecular complexity index is 398. The normalized spacial score (nSPS) is 10.8. The molecular formula is C10H11BrN2OS. The van der Waals surface area contributed by atoms with Crippen molar-refractivity contribution in [2.24, 2.45) is 0 Å². The van der Waals surface area contributed by atoms with Gasteiger partial charge >= 0.3 is 0 Å². The minimum absolute atomic E-state index is 0.741. The maximum Gasteiger partial charge on any atom is 0.133 e. The summed E-state index contributed by atoms with van der Waals surface area (Å²) >= 11 is 5.13. The van der Waals surface area contributed by atoms with Crippen molar-refractivity contribution in [3.05, 3.63) is 38.3 Å². The molecule has 0 fully saturated rings. The van der Waals surface area contributed by atoms with Gasteiger partial charge in [0, 0.05) is 19.2 Å². The van der Waals surface area contributed by atoms with Gasteiger partial charge < -0.3 is 9.84 Å². The van der Waals surface area contributed by atoms with Gasteiger partial charge in [-0.05, 0) is 39.9 Å². The molecule has 2 aromatic rings. The van der Waals surface area contributed by atoms with Crippen molar-refractivity contribution < 1.29 is 4.52 Å². The van der Waals surface area contributed by atoms with Crippen molar-refractivity contribution in [3.63, 3.8) is 0 Å². The fourth-order valence-electron chi connectivity index (χ4n) is 1.27. The monoisotopic (exact) mass is 286 g/mol. The van der Waals surface area contributed by atoms with Gasteiger partial charge in [0.05, 0.1) is 9.48 Å². The number of rotatable bonds is 4. The molecule has 5 heteroatoms. The van der Waals surface area contributed by atoms with Gasteiger partial charge in [-0.15, -0.1) is 11.3 Å². The summed E-state index contributed by atoms with van der Waals surface area (Å²) in [5, 5.41) is 9.35. The van der Waals surface area contributed by atoms with Gasteiger partial charge in [0.25, 0.3) is 0 Å². The standard InChI is InChI=1S/C10H11BrN2OS/c1-7-2-9(13-14-7)5-12-4-8-3-10(11)15-6-8/h2-3,6,12H,4-5H2,1H3. The molecule has 0 unspecified atom stereocenters. The average molecular weight is 287 g/mol. The molecule has 2 aromatic heterocycles. The van der Waals surface area contributed by atoms with E-state index in [2.05, 4.69) is 37.8 Å². The molecule has 0 aliphatic heterocycles. The first-order valence-electron chi connectivity index (χ1n) is 4.60. The lowest BCUT2D eigenvalue weighted by molar-refractivity contribution is 0.388. The number of aromatic nitrogens is 1. The van der Waals surface area contributed by atoms with Crippen LogP contribution in [0.2, 0.25) is 0 Å². The Balaban J connectivity index is 1.80. The molecule has 0 atom stereocenters. The van der Waals surface area contributed by atoms with Crippen LogP contribution in [0.25, 0.3) is 0 Å². The highest BCUT2D eigenvalue weighted by molar-refractivity contribution is 9.11. The van der Waals surface area contributed by atoms with Crippen LogP contribution in [0.1, 0.15) is 17.0 Å². The summed E-state index contributed by atoms with van der Waals surface area (Å²) in [6.45, 7) is 3.49. The van der Waals surface area contributed by atoms with Crippen LogP contribution in [0.15, 0.2) is 25.8 Å². The van der Waals surface area contributed by atoms with E-state index in [-0.39, 0.29) is 0 Å². The highest BCUT2D eigenvalue weighted by Gasteiger charge is 2.00. The Morgan fingerprint density at radius 3 is 2.93 bits per heavy atom. The van der Waals surface area contributed by atoms with Crippen molar-refractivity contribution >= 4 is 27.3 Å². The third-order valence-electron chi connectivity index (χ3n) is 1.93. The summed E-state index contributed by atoms with van der Waals surface area (Å²) in [6, 6.07) is 4.06. The van der Waals surface area contributed by atoms with Gasteiger partial charge in [0.2, 0.25) is 0 Å². The average Bonchev–Trinajstić information content (AvgIpc) is 2.76. The third-order valence-corrected chi connectivity index (χ3v) is 3.49. The number of nitrogens with one attached hydrogen (secondary N) is 1. The molecule has 0 aromatic carbocycles. The summed E-state index contributed by atoms with van der Waals surface area (Å²) < 4.78 is 6.14. The van der Waals surface area contributed by atoms with Crippen molar-refractivity contribution in [3.8, 4) is 0 Å². The summed E-state index contributed by atoms with van der Waals surface area (Å²) in [5.41, 5.74) is 2.23. The molecule has 0 aliphatic carbocycles. The van der Waals surface area contributed by atoms with Crippen molar-refractivity contribution in [1.29, 1.82) is 0 Å². The highest BCUT2D eigenvalue weighted by Crippen LogP contribution is 2.20. The SMILES string of the molecule is Cc1cc(CNCc2csc(Br)c2)no1. The summed E-state index contributed by atoms with van der Waals surface area (Å²) in [6.07, 6.45) is 0. The fraction of sp³-hybridized carbons (Fsp3) is 0.300. The Morgan fingerprint density at radius 1 is 1.47 bits per heavy atom. The molecule has 0 amide bonds. The molecular weight excluding hydrogens is 276 g/mol. The molecule has 0 spiro atoms. The molecule has 0 radical (unpaired) electrons. The number of hydrogen-bond acceptors (Lipinski definition) is 4. The van der Waals surface area contributed by atoms with Crippen LogP contribution in [-0.4, -0.2) is 5.16 Å². The van der Waals surface area contributed by atoms with E-state index in [4.69, 9.17) is 4.52 Å². The summed E-state index contributed by atoms with van der Waals surface area (Å²) in [4.78, 5) is 0. The second-order valence-electron chi connectivity index (χ2n) is 3.29. The zero-order valence-electron chi connectivity index (χ0n) is 8.29. The number of halogens is 1. The quantitative estimate of drug-likeness (QED) is 0.939. The van der Waals surface area contributed by atoms with E-state index in [0.29, 0.717) is 0 Å². The zero-order valence-corrected chi connectivity index (χ0v) is 10.7. The minimum atomic E-state index is 0.741. The molecule has 2 rings (SSSR count). The first-order valence-corrected chi connectivity index (χ1v) is 6.27. The van der Waals surface area contributed by atoms with Crippen molar-refractivity contribution in [1.82, 2.24) is 10.5 Å². The van der Waals surface area contributed by atoms with E-state index >= 15 is 0 Å². The van der Waals surface area contributed by atoms with Crippen LogP contribution in [0.4, 0.5) is 0 Å². The smallest absolute Gasteiger partial charge is 0.133 e. The van der Waals surface area contributed by atoms with Crippen LogP contribution in [0.5, 0.6) is 0 Å². The van der Waals surface area contributed by atoms with Crippen LogP contribution >= 0.6 is 27.3 Å². The van der Waals surface area contributed by atoms with Crippen molar-refractivity contribution in [2.45, 2.75) is 20.0 Å². The first kappa shape index (κ1) is 10.9. The number of aryl methyl sites for hydroxylation is 1. The second-order valence-corrected chi connectivity index (χ2v) is 5.58. The zero-order chi connectivity index (χ0) is 10.7. The lowest BCUT2D eigenvalue weighted by Gasteiger charge is -1.98. The van der Waals surface area contributed by atoms with Gasteiger partial charge in [-0.1, -0.05) is 5.16 Å². The van der Waals surface area contributed by atoms with Crippen LogP contribution in [0, 0.1) is 6.92 Å². The van der Waals surface area contributed by atoms with E-state index in [1.165, 1.54) is 5.56 Å². The molecule has 0 bridgehead atoms. The van der Waals surface area contributed by atoms with Crippen LogP contribution < -0.4 is 5.32 Å². The maximum atomic E-state index is 4.98. The number of hydrogen-bond donors (Lipinski definition) is 1. The molecule has 0 saturated heterocycles. The number of thiophene rings is 1. The Hall–Kier alpha value is -0.650. The van der Waals surface area contributed by atoms with Gasteiger partial charge in [0.1, 0.15) is 5.76 Å². The molecule has 2 heterocycles. The Labute approximate surface area is 101 Å². The minimum Gasteiger partial charge on any atom is -0.361 e. The van der Waals surface area contributed by atoms with Gasteiger partial charge in [0.15, 0.2) is 0 Å². The first-order chi connectivity index (χ1) is 7.24. The van der Waals surface area contributed by atoms with E-state index in [9.17, 15) is 0 Å². The van der Waals surface area contributed by atoms with E-state index in [1.807, 2.05) is 13.0 Å². The molecule has 80 valence electrons. The molecule has 1 N–H and O–H groups in total. The summed E-state index contributed by atoms with van der Waals surface area (Å²) in [7, 11) is 0. The van der Waals surface area contributed by atoms with Crippen LogP contribution in [0.3, 0.4) is 0 Å². The summed E-state index contributed by atoms with van der Waals surface area (Å²) in [5.74, 6) is 0.852. The van der Waals surface area contributed by atoms with Gasteiger partial charge in [-0.25, -0.2) is 0 Å². The van der Waals surface area contributed by atoms with Crippen LogP contribution in [-0.2, 0) is 13.1 Å².